The number of rotatable bonds is 5. The predicted molar refractivity (Wildman–Crippen MR) is 81.4 cm³/mol. The van der Waals surface area contributed by atoms with Crippen LogP contribution in [0.5, 0.6) is 0 Å². The first kappa shape index (κ1) is 13.9. The number of nitrogens with one attached hydrogen (secondary N) is 2. The molecule has 3 nitrogen and oxygen atoms in total. The van der Waals surface area contributed by atoms with Gasteiger partial charge in [0.05, 0.1) is 0 Å². The second-order valence-corrected chi connectivity index (χ2v) is 6.17. The fourth-order valence-corrected chi connectivity index (χ4v) is 2.15. The second kappa shape index (κ2) is 6.09. The smallest absolute Gasteiger partial charge is 0.191 e. The third kappa shape index (κ3) is 4.93. The summed E-state index contributed by atoms with van der Waals surface area (Å²) in [6.07, 6.45) is 3.61. The number of aliphatic imine (C=N–C) groups is 1. The van der Waals surface area contributed by atoms with E-state index in [9.17, 15) is 0 Å². The van der Waals surface area contributed by atoms with E-state index in [1.54, 1.807) is 0 Å². The van der Waals surface area contributed by atoms with Crippen LogP contribution in [0.15, 0.2) is 35.3 Å². The minimum Gasteiger partial charge on any atom is -0.356 e. The normalized spacial score (nSPS) is 16.3. The maximum atomic E-state index is 4.27. The van der Waals surface area contributed by atoms with Crippen LogP contribution in [0.1, 0.15) is 32.3 Å². The molecule has 0 saturated heterocycles. The van der Waals surface area contributed by atoms with Crippen molar-refractivity contribution in [2.24, 2.45) is 10.4 Å². The fourth-order valence-electron chi connectivity index (χ4n) is 2.15. The Balaban J connectivity index is 1.82. The highest BCUT2D eigenvalue weighted by Gasteiger charge is 2.23. The minimum atomic E-state index is 0.211. The maximum Gasteiger partial charge on any atom is 0.191 e. The summed E-state index contributed by atoms with van der Waals surface area (Å²) in [7, 11) is 1.84. The average molecular weight is 259 g/mol. The number of hydrogen-bond acceptors (Lipinski definition) is 1. The highest BCUT2D eigenvalue weighted by Crippen LogP contribution is 2.21. The molecule has 1 aliphatic carbocycles. The van der Waals surface area contributed by atoms with Gasteiger partial charge in [-0.1, -0.05) is 44.2 Å². The Labute approximate surface area is 116 Å². The molecule has 0 bridgehead atoms. The van der Waals surface area contributed by atoms with Gasteiger partial charge < -0.3 is 10.6 Å². The summed E-state index contributed by atoms with van der Waals surface area (Å²) in [6.45, 7) is 5.50. The molecule has 0 unspecified atom stereocenters. The standard InChI is InChI=1S/C16H25N3/c1-16(2,11-13-7-5-4-6-8-13)12-18-15(17-3)19-14-9-10-14/h4-8,14H,9-12H2,1-3H3,(H2,17,18,19). The van der Waals surface area contributed by atoms with E-state index in [-0.39, 0.29) is 5.41 Å². The van der Waals surface area contributed by atoms with Gasteiger partial charge in [-0.3, -0.25) is 4.99 Å². The summed E-state index contributed by atoms with van der Waals surface area (Å²) in [6, 6.07) is 11.3. The van der Waals surface area contributed by atoms with Gasteiger partial charge in [0.2, 0.25) is 0 Å². The van der Waals surface area contributed by atoms with Crippen LogP contribution in [0.25, 0.3) is 0 Å². The minimum absolute atomic E-state index is 0.211. The van der Waals surface area contributed by atoms with E-state index in [4.69, 9.17) is 0 Å². The Hall–Kier alpha value is -1.51. The lowest BCUT2D eigenvalue weighted by Gasteiger charge is -2.26. The number of benzene rings is 1. The van der Waals surface area contributed by atoms with E-state index >= 15 is 0 Å². The summed E-state index contributed by atoms with van der Waals surface area (Å²) < 4.78 is 0. The molecule has 0 amide bonds. The van der Waals surface area contributed by atoms with E-state index in [0.717, 1.165) is 18.9 Å². The fraction of sp³-hybridized carbons (Fsp3) is 0.562. The van der Waals surface area contributed by atoms with Crippen LogP contribution >= 0.6 is 0 Å². The molecule has 0 atom stereocenters. The first-order valence-corrected chi connectivity index (χ1v) is 7.10. The summed E-state index contributed by atoms with van der Waals surface area (Å²) in [5.41, 5.74) is 1.60. The molecule has 2 N–H and O–H groups in total. The molecule has 0 radical (unpaired) electrons. The third-order valence-electron chi connectivity index (χ3n) is 3.40. The summed E-state index contributed by atoms with van der Waals surface area (Å²) in [5.74, 6) is 0.934. The zero-order valence-electron chi connectivity index (χ0n) is 12.2. The largest absolute Gasteiger partial charge is 0.356 e. The Morgan fingerprint density at radius 1 is 1.26 bits per heavy atom. The molecule has 1 fully saturated rings. The van der Waals surface area contributed by atoms with Gasteiger partial charge in [-0.25, -0.2) is 0 Å². The molecule has 19 heavy (non-hydrogen) atoms. The van der Waals surface area contributed by atoms with Crippen LogP contribution in [0, 0.1) is 5.41 Å². The van der Waals surface area contributed by atoms with Crippen LogP contribution in [0.3, 0.4) is 0 Å². The number of guanidine groups is 1. The highest BCUT2D eigenvalue weighted by atomic mass is 15.2. The van der Waals surface area contributed by atoms with Crippen molar-refractivity contribution in [3.05, 3.63) is 35.9 Å². The van der Waals surface area contributed by atoms with Gasteiger partial charge in [-0.2, -0.15) is 0 Å². The SMILES string of the molecule is CN=C(NCC(C)(C)Cc1ccccc1)NC1CC1. The Bertz CT molecular complexity index is 419. The van der Waals surface area contributed by atoms with Crippen molar-refractivity contribution >= 4 is 5.96 Å². The van der Waals surface area contributed by atoms with E-state index in [1.165, 1.54) is 18.4 Å². The zero-order chi connectivity index (χ0) is 13.7. The number of nitrogens with zero attached hydrogens (tertiary/aromatic N) is 1. The molecule has 1 saturated carbocycles. The quantitative estimate of drug-likeness (QED) is 0.630. The highest BCUT2D eigenvalue weighted by molar-refractivity contribution is 5.80. The van der Waals surface area contributed by atoms with Crippen molar-refractivity contribution < 1.29 is 0 Å². The third-order valence-corrected chi connectivity index (χ3v) is 3.40. The lowest BCUT2D eigenvalue weighted by atomic mass is 9.86. The van der Waals surface area contributed by atoms with Crippen molar-refractivity contribution in [1.29, 1.82) is 0 Å². The lowest BCUT2D eigenvalue weighted by molar-refractivity contribution is 0.359. The van der Waals surface area contributed by atoms with Crippen molar-refractivity contribution in [2.75, 3.05) is 13.6 Å². The van der Waals surface area contributed by atoms with Gasteiger partial charge in [0.25, 0.3) is 0 Å². The van der Waals surface area contributed by atoms with E-state index in [1.807, 2.05) is 7.05 Å². The van der Waals surface area contributed by atoms with Crippen LogP contribution in [0.2, 0.25) is 0 Å². The van der Waals surface area contributed by atoms with Crippen LogP contribution in [-0.4, -0.2) is 25.6 Å². The molecule has 0 spiro atoms. The Morgan fingerprint density at radius 3 is 2.53 bits per heavy atom. The molecule has 0 aromatic heterocycles. The average Bonchev–Trinajstić information content (AvgIpc) is 3.19. The Morgan fingerprint density at radius 2 is 1.95 bits per heavy atom. The van der Waals surface area contributed by atoms with Crippen molar-refractivity contribution in [2.45, 2.75) is 39.2 Å². The molecular formula is C16H25N3. The number of hydrogen-bond donors (Lipinski definition) is 2. The first-order chi connectivity index (χ1) is 9.09. The van der Waals surface area contributed by atoms with Crippen molar-refractivity contribution in [3.8, 4) is 0 Å². The van der Waals surface area contributed by atoms with Gasteiger partial charge in [-0.15, -0.1) is 0 Å². The van der Waals surface area contributed by atoms with Gasteiger partial charge in [-0.05, 0) is 30.2 Å². The summed E-state index contributed by atoms with van der Waals surface area (Å²) in [4.78, 5) is 4.27. The molecule has 0 heterocycles. The molecule has 1 aromatic carbocycles. The van der Waals surface area contributed by atoms with Crippen LogP contribution in [-0.2, 0) is 6.42 Å². The monoisotopic (exact) mass is 259 g/mol. The van der Waals surface area contributed by atoms with Gasteiger partial charge in [0.15, 0.2) is 5.96 Å². The van der Waals surface area contributed by atoms with Gasteiger partial charge >= 0.3 is 0 Å². The molecule has 3 heteroatoms. The zero-order valence-corrected chi connectivity index (χ0v) is 12.2. The lowest BCUT2D eigenvalue weighted by Crippen LogP contribution is -2.43. The first-order valence-electron chi connectivity index (χ1n) is 7.10. The molecule has 0 aliphatic heterocycles. The van der Waals surface area contributed by atoms with E-state index < -0.39 is 0 Å². The molecule has 2 rings (SSSR count). The molecular weight excluding hydrogens is 234 g/mol. The summed E-state index contributed by atoms with van der Waals surface area (Å²) >= 11 is 0. The molecule has 104 valence electrons. The van der Waals surface area contributed by atoms with E-state index in [0.29, 0.717) is 6.04 Å². The van der Waals surface area contributed by atoms with Crippen molar-refractivity contribution in [1.82, 2.24) is 10.6 Å². The maximum absolute atomic E-state index is 4.27. The topological polar surface area (TPSA) is 36.4 Å². The second-order valence-electron chi connectivity index (χ2n) is 6.17. The van der Waals surface area contributed by atoms with Crippen LogP contribution < -0.4 is 10.6 Å². The predicted octanol–water partition coefficient (Wildman–Crippen LogP) is 2.58. The van der Waals surface area contributed by atoms with Crippen LogP contribution in [0.4, 0.5) is 0 Å². The molecule has 1 aromatic rings. The molecule has 1 aliphatic rings. The van der Waals surface area contributed by atoms with Gasteiger partial charge in [0.1, 0.15) is 0 Å². The van der Waals surface area contributed by atoms with Gasteiger partial charge in [0, 0.05) is 19.6 Å². The summed E-state index contributed by atoms with van der Waals surface area (Å²) in [5, 5.41) is 6.86. The van der Waals surface area contributed by atoms with E-state index in [2.05, 4.69) is 59.8 Å². The van der Waals surface area contributed by atoms with Crippen molar-refractivity contribution in [3.63, 3.8) is 0 Å². The Kier molecular flexibility index (Phi) is 4.46.